The van der Waals surface area contributed by atoms with E-state index in [9.17, 15) is 18.7 Å². The van der Waals surface area contributed by atoms with Crippen molar-refractivity contribution in [2.45, 2.75) is 0 Å². The Morgan fingerprint density at radius 1 is 1.03 bits per heavy atom. The number of aromatic nitrogens is 2. The number of hydrogen-bond acceptors (Lipinski definition) is 5. The summed E-state index contributed by atoms with van der Waals surface area (Å²) in [5.41, 5.74) is -1.41. The highest BCUT2D eigenvalue weighted by Crippen LogP contribution is 2.42. The highest BCUT2D eigenvalue weighted by Gasteiger charge is 2.27. The van der Waals surface area contributed by atoms with E-state index in [2.05, 4.69) is 9.97 Å². The summed E-state index contributed by atoms with van der Waals surface area (Å²) < 4.78 is 43.4. The fourth-order valence-electron chi connectivity index (χ4n) is 3.49. The summed E-state index contributed by atoms with van der Waals surface area (Å²) >= 11 is 6.21. The van der Waals surface area contributed by atoms with Crippen molar-refractivity contribution in [1.29, 1.82) is 0 Å². The van der Waals surface area contributed by atoms with Gasteiger partial charge in [-0.15, -0.1) is 0 Å². The molecule has 1 aliphatic rings. The Labute approximate surface area is 172 Å². The third kappa shape index (κ3) is 3.22. The van der Waals surface area contributed by atoms with E-state index in [4.69, 9.17) is 16.7 Å². The van der Waals surface area contributed by atoms with E-state index in [1.807, 2.05) is 0 Å². The van der Waals surface area contributed by atoms with Gasteiger partial charge in [0.25, 0.3) is 0 Å². The van der Waals surface area contributed by atoms with E-state index < -0.39 is 40.4 Å². The van der Waals surface area contributed by atoms with E-state index in [1.54, 1.807) is 4.90 Å². The Hall–Kier alpha value is -3.27. The molecule has 7 nitrogen and oxygen atoms in total. The van der Waals surface area contributed by atoms with Gasteiger partial charge in [0.2, 0.25) is 0 Å². The number of halogens is 4. The van der Waals surface area contributed by atoms with Gasteiger partial charge in [0.1, 0.15) is 23.4 Å². The number of piperazine rings is 1. The first-order valence-electron chi connectivity index (χ1n) is 8.82. The summed E-state index contributed by atoms with van der Waals surface area (Å²) in [5.74, 6) is -4.08. The molecule has 4 rings (SSSR count). The average Bonchev–Trinajstić information content (AvgIpc) is 2.73. The van der Waals surface area contributed by atoms with E-state index in [-0.39, 0.29) is 29.0 Å². The number of benzene rings is 2. The van der Waals surface area contributed by atoms with Crippen LogP contribution in [0.2, 0.25) is 5.02 Å². The number of aromatic hydroxyl groups is 1. The fraction of sp³-hybridized carbons (Fsp3) is 0.211. The van der Waals surface area contributed by atoms with Gasteiger partial charge in [0, 0.05) is 37.1 Å². The van der Waals surface area contributed by atoms with Gasteiger partial charge in [0.15, 0.2) is 17.5 Å². The number of fused-ring (bicyclic) bond motifs is 1. The zero-order chi connectivity index (χ0) is 21.6. The van der Waals surface area contributed by atoms with E-state index in [0.29, 0.717) is 18.9 Å². The SMILES string of the molecule is O=C(O)N1CCN(c2ncnc3c(F)c(-c4c(O)ccc(F)c4F)c(Cl)cc23)CC1. The van der Waals surface area contributed by atoms with Gasteiger partial charge < -0.3 is 20.0 Å². The second-order valence-corrected chi connectivity index (χ2v) is 7.06. The zero-order valence-electron chi connectivity index (χ0n) is 15.2. The fourth-order valence-corrected chi connectivity index (χ4v) is 3.77. The van der Waals surface area contributed by atoms with Gasteiger partial charge in [-0.25, -0.2) is 27.9 Å². The van der Waals surface area contributed by atoms with Crippen LogP contribution in [0.5, 0.6) is 5.75 Å². The van der Waals surface area contributed by atoms with Crippen molar-refractivity contribution < 1.29 is 28.2 Å². The van der Waals surface area contributed by atoms with E-state index >= 15 is 4.39 Å². The van der Waals surface area contributed by atoms with E-state index in [0.717, 1.165) is 18.5 Å². The number of hydrogen-bond donors (Lipinski definition) is 2. The van der Waals surface area contributed by atoms with Gasteiger partial charge in [-0.3, -0.25) is 0 Å². The quantitative estimate of drug-likeness (QED) is 0.631. The highest BCUT2D eigenvalue weighted by molar-refractivity contribution is 6.34. The van der Waals surface area contributed by atoms with Crippen LogP contribution in [0.3, 0.4) is 0 Å². The van der Waals surface area contributed by atoms with Gasteiger partial charge >= 0.3 is 6.09 Å². The van der Waals surface area contributed by atoms with E-state index in [1.165, 1.54) is 11.0 Å². The molecular weight excluding hydrogens is 425 g/mol. The zero-order valence-corrected chi connectivity index (χ0v) is 16.0. The second kappa shape index (κ2) is 7.52. The predicted octanol–water partition coefficient (Wildman–Crippen LogP) is 3.87. The number of phenolic OH excluding ortho intramolecular Hbond substituents is 1. The molecule has 2 aromatic carbocycles. The lowest BCUT2D eigenvalue weighted by atomic mass is 10.0. The first-order valence-corrected chi connectivity index (χ1v) is 9.20. The number of phenols is 1. The van der Waals surface area contributed by atoms with Crippen molar-refractivity contribution >= 4 is 34.4 Å². The minimum absolute atomic E-state index is 0.192. The number of carboxylic acid groups (broad SMARTS) is 1. The Kier molecular flexibility index (Phi) is 5.02. The number of carbonyl (C=O) groups is 1. The maximum atomic E-state index is 15.3. The van der Waals surface area contributed by atoms with Crippen LogP contribution in [0.15, 0.2) is 24.5 Å². The highest BCUT2D eigenvalue weighted by atomic mass is 35.5. The van der Waals surface area contributed by atoms with Crippen molar-refractivity contribution in [3.8, 4) is 16.9 Å². The Balaban J connectivity index is 1.84. The summed E-state index contributed by atoms with van der Waals surface area (Å²) in [6, 6.07) is 2.94. The molecule has 30 heavy (non-hydrogen) atoms. The maximum absolute atomic E-state index is 15.3. The first kappa shape index (κ1) is 20.0. The van der Waals surface area contributed by atoms with Crippen LogP contribution in [-0.4, -0.2) is 57.4 Å². The molecule has 2 N–H and O–H groups in total. The monoisotopic (exact) mass is 438 g/mol. The minimum atomic E-state index is -1.44. The lowest BCUT2D eigenvalue weighted by molar-refractivity contribution is 0.142. The van der Waals surface area contributed by atoms with Gasteiger partial charge in [-0.2, -0.15) is 0 Å². The lowest BCUT2D eigenvalue weighted by Gasteiger charge is -2.34. The third-order valence-corrected chi connectivity index (χ3v) is 5.27. The van der Waals surface area contributed by atoms with Gasteiger partial charge in [-0.05, 0) is 18.2 Å². The standard InChI is InChI=1S/C19H14ClF3N4O3/c20-10-7-9-17(16(23)13(10)14-12(28)2-1-11(21)15(14)22)24-8-25-18(9)26-3-5-27(6-4-26)19(29)30/h1-2,7-8,28H,3-6H2,(H,29,30). The molecule has 1 aliphatic heterocycles. The molecule has 0 spiro atoms. The molecule has 1 saturated heterocycles. The lowest BCUT2D eigenvalue weighted by Crippen LogP contribution is -2.48. The van der Waals surface area contributed by atoms with Gasteiger partial charge in [0.05, 0.1) is 10.6 Å². The molecule has 0 radical (unpaired) electrons. The first-order chi connectivity index (χ1) is 14.3. The van der Waals surface area contributed by atoms with Crippen LogP contribution in [0, 0.1) is 17.5 Å². The van der Waals surface area contributed by atoms with Gasteiger partial charge in [-0.1, -0.05) is 11.6 Å². The smallest absolute Gasteiger partial charge is 0.407 e. The number of rotatable bonds is 2. The molecule has 0 aliphatic carbocycles. The van der Waals surface area contributed by atoms with Crippen LogP contribution >= 0.6 is 11.6 Å². The number of nitrogens with zero attached hydrogens (tertiary/aromatic N) is 4. The van der Waals surface area contributed by atoms with Crippen molar-refractivity contribution in [3.63, 3.8) is 0 Å². The summed E-state index contributed by atoms with van der Waals surface area (Å²) in [6.45, 7) is 1.10. The van der Waals surface area contributed by atoms with Crippen molar-refractivity contribution in [2.24, 2.45) is 0 Å². The molecule has 0 saturated carbocycles. The molecule has 1 fully saturated rings. The van der Waals surface area contributed by atoms with Crippen molar-refractivity contribution in [1.82, 2.24) is 14.9 Å². The van der Waals surface area contributed by atoms with Crippen molar-refractivity contribution in [2.75, 3.05) is 31.1 Å². The summed E-state index contributed by atoms with van der Waals surface area (Å²) in [5, 5.41) is 19.0. The largest absolute Gasteiger partial charge is 0.507 e. The molecule has 2 heterocycles. The number of anilines is 1. The Morgan fingerprint density at radius 3 is 2.40 bits per heavy atom. The van der Waals surface area contributed by atoms with Crippen LogP contribution in [0.25, 0.3) is 22.0 Å². The summed E-state index contributed by atoms with van der Waals surface area (Å²) in [4.78, 5) is 22.2. The minimum Gasteiger partial charge on any atom is -0.507 e. The van der Waals surface area contributed by atoms with Crippen LogP contribution in [-0.2, 0) is 0 Å². The molecule has 11 heteroatoms. The molecule has 156 valence electrons. The normalized spacial score (nSPS) is 14.4. The third-order valence-electron chi connectivity index (χ3n) is 4.97. The van der Waals surface area contributed by atoms with Crippen molar-refractivity contribution in [3.05, 3.63) is 47.0 Å². The predicted molar refractivity (Wildman–Crippen MR) is 103 cm³/mol. The molecule has 0 atom stereocenters. The topological polar surface area (TPSA) is 89.8 Å². The molecule has 1 aromatic heterocycles. The van der Waals surface area contributed by atoms with Crippen LogP contribution in [0.4, 0.5) is 23.8 Å². The molecule has 0 bridgehead atoms. The number of amides is 1. The Bertz CT molecular complexity index is 1170. The molecule has 1 amide bonds. The summed E-state index contributed by atoms with van der Waals surface area (Å²) in [6.07, 6.45) is 0.0851. The Morgan fingerprint density at radius 2 is 1.73 bits per heavy atom. The summed E-state index contributed by atoms with van der Waals surface area (Å²) in [7, 11) is 0. The molecular formula is C19H14ClF3N4O3. The molecule has 0 unspecified atom stereocenters. The molecule has 3 aromatic rings. The van der Waals surface area contributed by atoms with Crippen LogP contribution in [0.1, 0.15) is 0 Å². The van der Waals surface area contributed by atoms with Crippen LogP contribution < -0.4 is 4.90 Å². The maximum Gasteiger partial charge on any atom is 0.407 e. The average molecular weight is 439 g/mol. The second-order valence-electron chi connectivity index (χ2n) is 6.65.